The number of nitrogens with one attached hydrogen (secondary N) is 1. The van der Waals surface area contributed by atoms with Gasteiger partial charge in [-0.2, -0.15) is 5.48 Å². The standard InChI is InChI=1S/C28H38N4O8/c1-27(2,3)40-30-11-13-10-16(31(4)5)14-8-12-9-15-20(32(6)7)23(35)19(26(29)38)25(37)28(15,39)24(36)17(12)22(34)18(14)21(13)33/h10,12,15,20,30,33-34,37,39H,8-9,11H2,1-7H3,(H2,29,38)/t12-,15-,20+,28-/m0/s1. The smallest absolute Gasteiger partial charge is 0.255 e. The predicted molar refractivity (Wildman–Crippen MR) is 146 cm³/mol. The van der Waals surface area contributed by atoms with Crippen LogP contribution in [-0.4, -0.2) is 88.2 Å². The van der Waals surface area contributed by atoms with E-state index in [9.17, 15) is 34.8 Å². The number of amides is 1. The molecule has 1 saturated carbocycles. The molecule has 0 radical (unpaired) electrons. The highest BCUT2D eigenvalue weighted by atomic mass is 16.7. The van der Waals surface area contributed by atoms with Crippen molar-refractivity contribution in [3.8, 4) is 5.75 Å². The fraction of sp³-hybridized carbons (Fsp3) is 0.536. The molecule has 3 aliphatic rings. The molecule has 40 heavy (non-hydrogen) atoms. The summed E-state index contributed by atoms with van der Waals surface area (Å²) >= 11 is 0. The third-order valence-corrected chi connectivity index (χ3v) is 7.90. The van der Waals surface area contributed by atoms with Gasteiger partial charge in [-0.15, -0.1) is 0 Å². The Morgan fingerprint density at radius 3 is 2.33 bits per heavy atom. The second kappa shape index (κ2) is 9.88. The Morgan fingerprint density at radius 2 is 1.80 bits per heavy atom. The zero-order valence-corrected chi connectivity index (χ0v) is 23.8. The van der Waals surface area contributed by atoms with Crippen LogP contribution in [-0.2, 0) is 32.2 Å². The van der Waals surface area contributed by atoms with Crippen molar-refractivity contribution in [3.63, 3.8) is 0 Å². The molecule has 218 valence electrons. The van der Waals surface area contributed by atoms with Gasteiger partial charge in [-0.3, -0.25) is 24.1 Å². The first-order chi connectivity index (χ1) is 18.4. The second-order valence-corrected chi connectivity index (χ2v) is 12.1. The molecule has 1 aromatic rings. The van der Waals surface area contributed by atoms with Crippen LogP contribution >= 0.6 is 0 Å². The average Bonchev–Trinajstić information content (AvgIpc) is 2.81. The molecule has 3 aliphatic carbocycles. The highest BCUT2D eigenvalue weighted by Crippen LogP contribution is 2.54. The summed E-state index contributed by atoms with van der Waals surface area (Å²) in [7, 11) is 6.75. The lowest BCUT2D eigenvalue weighted by molar-refractivity contribution is -0.153. The number of hydrogen-bond donors (Lipinski definition) is 6. The number of carbonyl (C=O) groups is 3. The topological polar surface area (TPSA) is 186 Å². The van der Waals surface area contributed by atoms with E-state index >= 15 is 0 Å². The highest BCUT2D eigenvalue weighted by molar-refractivity contribution is 6.24. The lowest BCUT2D eigenvalue weighted by Gasteiger charge is -2.50. The molecule has 0 aliphatic heterocycles. The quantitative estimate of drug-likeness (QED) is 0.215. The summed E-state index contributed by atoms with van der Waals surface area (Å²) in [6.45, 7) is 5.65. The Balaban J connectivity index is 1.91. The van der Waals surface area contributed by atoms with Gasteiger partial charge in [0.15, 0.2) is 11.4 Å². The van der Waals surface area contributed by atoms with E-state index in [1.165, 1.54) is 4.90 Å². The van der Waals surface area contributed by atoms with Gasteiger partial charge in [0.2, 0.25) is 5.78 Å². The number of Topliss-reactive ketones (excluding diaryl/α,β-unsaturated/α-hetero) is 2. The molecule has 0 heterocycles. The molecule has 1 fully saturated rings. The SMILES string of the molecule is CN(C)c1cc(CNOC(C)(C)C)c(O)c2c1C[C@H]1C[C@H]3[C@@H](N(C)C)C(=O)C(C(N)=O)=C(O)[C@@]3(O)C(=O)C1=C2O. The fourth-order valence-corrected chi connectivity index (χ4v) is 6.21. The number of rotatable bonds is 6. The zero-order chi connectivity index (χ0) is 30.1. The predicted octanol–water partition coefficient (Wildman–Crippen LogP) is 0.850. The van der Waals surface area contributed by atoms with Crippen molar-refractivity contribution in [2.24, 2.45) is 17.6 Å². The van der Waals surface area contributed by atoms with Crippen LogP contribution < -0.4 is 16.1 Å². The summed E-state index contributed by atoms with van der Waals surface area (Å²) in [5, 5.41) is 45.5. The van der Waals surface area contributed by atoms with Crippen LogP contribution in [0.3, 0.4) is 0 Å². The average molecular weight is 559 g/mol. The molecule has 12 heteroatoms. The molecule has 0 unspecified atom stereocenters. The zero-order valence-electron chi connectivity index (χ0n) is 23.8. The molecule has 4 rings (SSSR count). The number of carbonyl (C=O) groups excluding carboxylic acids is 3. The van der Waals surface area contributed by atoms with Crippen LogP contribution in [0.25, 0.3) is 5.76 Å². The molecule has 0 spiro atoms. The minimum Gasteiger partial charge on any atom is -0.508 e. The van der Waals surface area contributed by atoms with Crippen LogP contribution in [0.4, 0.5) is 5.69 Å². The highest BCUT2D eigenvalue weighted by Gasteiger charge is 2.64. The van der Waals surface area contributed by atoms with Crippen LogP contribution in [0.5, 0.6) is 5.75 Å². The molecule has 0 aromatic heterocycles. The van der Waals surface area contributed by atoms with Gasteiger partial charge in [0.25, 0.3) is 5.91 Å². The van der Waals surface area contributed by atoms with E-state index in [1.54, 1.807) is 20.2 Å². The maximum absolute atomic E-state index is 14.0. The maximum atomic E-state index is 14.0. The van der Waals surface area contributed by atoms with E-state index in [2.05, 4.69) is 5.48 Å². The number of phenols is 1. The Morgan fingerprint density at radius 1 is 1.18 bits per heavy atom. The molecule has 1 aromatic carbocycles. The normalized spacial score (nSPS) is 26.6. The monoisotopic (exact) mass is 558 g/mol. The van der Waals surface area contributed by atoms with E-state index in [0.29, 0.717) is 16.8 Å². The van der Waals surface area contributed by atoms with Crippen molar-refractivity contribution >= 4 is 28.9 Å². The van der Waals surface area contributed by atoms with Crippen molar-refractivity contribution in [2.45, 2.75) is 57.4 Å². The minimum absolute atomic E-state index is 0.0299. The second-order valence-electron chi connectivity index (χ2n) is 12.1. The number of phenolic OH excluding ortho intramolecular Hbond substituents is 1. The number of likely N-dealkylation sites (N-methyl/N-ethyl adjacent to an activating group) is 1. The Hall–Kier alpha value is -3.45. The van der Waals surface area contributed by atoms with Crippen molar-refractivity contribution in [2.75, 3.05) is 33.1 Å². The first-order valence-corrected chi connectivity index (χ1v) is 13.0. The van der Waals surface area contributed by atoms with Gasteiger partial charge < -0.3 is 31.1 Å². The van der Waals surface area contributed by atoms with Gasteiger partial charge in [0, 0.05) is 43.4 Å². The van der Waals surface area contributed by atoms with E-state index in [-0.39, 0.29) is 36.3 Å². The summed E-state index contributed by atoms with van der Waals surface area (Å²) < 4.78 is 0. The number of aliphatic hydroxyl groups is 3. The van der Waals surface area contributed by atoms with Gasteiger partial charge in [-0.05, 0) is 65.3 Å². The molecule has 12 nitrogen and oxygen atoms in total. The molecular weight excluding hydrogens is 520 g/mol. The summed E-state index contributed by atoms with van der Waals surface area (Å²) in [5.74, 6) is -6.78. The van der Waals surface area contributed by atoms with Crippen molar-refractivity contribution < 1.29 is 39.6 Å². The number of hydrogen-bond acceptors (Lipinski definition) is 11. The molecule has 1 amide bonds. The van der Waals surface area contributed by atoms with Crippen molar-refractivity contribution in [1.82, 2.24) is 10.4 Å². The minimum atomic E-state index is -2.68. The number of aliphatic hydroxyl groups excluding tert-OH is 2. The number of hydroxylamine groups is 1. The first-order valence-electron chi connectivity index (χ1n) is 13.0. The first kappa shape index (κ1) is 29.5. The van der Waals surface area contributed by atoms with Crippen molar-refractivity contribution in [3.05, 3.63) is 39.7 Å². The Kier molecular flexibility index (Phi) is 7.29. The van der Waals surface area contributed by atoms with Crippen LogP contribution in [0.1, 0.15) is 43.9 Å². The van der Waals surface area contributed by atoms with Gasteiger partial charge in [0.05, 0.1) is 17.2 Å². The fourth-order valence-electron chi connectivity index (χ4n) is 6.21. The van der Waals surface area contributed by atoms with E-state index in [1.807, 2.05) is 39.8 Å². The molecule has 0 saturated heterocycles. The number of fused-ring (bicyclic) bond motifs is 3. The lowest BCUT2D eigenvalue weighted by Crippen LogP contribution is -2.65. The summed E-state index contributed by atoms with van der Waals surface area (Å²) in [6, 6.07) is 0.642. The summed E-state index contributed by atoms with van der Waals surface area (Å²) in [5.41, 5.74) is 5.70. The number of anilines is 1. The van der Waals surface area contributed by atoms with E-state index in [0.717, 1.165) is 0 Å². The third kappa shape index (κ3) is 4.44. The van der Waals surface area contributed by atoms with E-state index in [4.69, 9.17) is 10.6 Å². The Labute approximate surface area is 232 Å². The molecule has 0 bridgehead atoms. The molecular formula is C28H38N4O8. The van der Waals surface area contributed by atoms with Crippen molar-refractivity contribution in [1.29, 1.82) is 0 Å². The van der Waals surface area contributed by atoms with Gasteiger partial charge in [-0.25, -0.2) is 0 Å². The molecule has 4 atom stereocenters. The molecule has 7 N–H and O–H groups in total. The number of aromatic hydroxyl groups is 1. The van der Waals surface area contributed by atoms with Gasteiger partial charge >= 0.3 is 0 Å². The largest absolute Gasteiger partial charge is 0.508 e. The number of nitrogens with two attached hydrogens (primary N) is 1. The van der Waals surface area contributed by atoms with E-state index < -0.39 is 63.6 Å². The van der Waals surface area contributed by atoms with Crippen LogP contribution in [0, 0.1) is 11.8 Å². The third-order valence-electron chi connectivity index (χ3n) is 7.90. The summed E-state index contributed by atoms with van der Waals surface area (Å²) in [6.07, 6.45) is 0.240. The number of ketones is 2. The summed E-state index contributed by atoms with van der Waals surface area (Å²) in [4.78, 5) is 48.2. The van der Waals surface area contributed by atoms with Gasteiger partial charge in [0.1, 0.15) is 22.8 Å². The lowest BCUT2D eigenvalue weighted by atomic mass is 9.57. The Bertz CT molecular complexity index is 1360. The van der Waals surface area contributed by atoms with Crippen LogP contribution in [0.15, 0.2) is 23.0 Å². The van der Waals surface area contributed by atoms with Crippen LogP contribution in [0.2, 0.25) is 0 Å². The number of primary amides is 1. The number of benzene rings is 1. The number of nitrogens with zero attached hydrogens (tertiary/aromatic N) is 2. The van der Waals surface area contributed by atoms with Gasteiger partial charge in [-0.1, -0.05) is 0 Å². The maximum Gasteiger partial charge on any atom is 0.255 e.